The third-order valence-corrected chi connectivity index (χ3v) is 7.08. The monoisotopic (exact) mass is 391 g/mol. The van der Waals surface area contributed by atoms with Crippen LogP contribution in [0.25, 0.3) is 11.2 Å². The molecule has 4 rings (SSSR count). The molecule has 1 unspecified atom stereocenters. The average molecular weight is 392 g/mol. The third-order valence-electron chi connectivity index (χ3n) is 4.71. The zero-order valence-electron chi connectivity index (χ0n) is 14.2. The van der Waals surface area contributed by atoms with Gasteiger partial charge in [-0.25, -0.2) is 23.1 Å². The van der Waals surface area contributed by atoms with E-state index >= 15 is 0 Å². The summed E-state index contributed by atoms with van der Waals surface area (Å²) in [5.41, 5.74) is 2.24. The number of rotatable bonds is 3. The number of hydrogen-bond acceptors (Lipinski definition) is 5. The van der Waals surface area contributed by atoms with Crippen molar-refractivity contribution < 1.29 is 8.42 Å². The van der Waals surface area contributed by atoms with Gasteiger partial charge in [-0.1, -0.05) is 23.7 Å². The minimum absolute atomic E-state index is 0.0265. The highest BCUT2D eigenvalue weighted by Crippen LogP contribution is 2.33. The fourth-order valence-corrected chi connectivity index (χ4v) is 5.47. The predicted octanol–water partition coefficient (Wildman–Crippen LogP) is 2.59. The Hall–Kier alpha value is -2.03. The molecule has 1 aliphatic heterocycles. The van der Waals surface area contributed by atoms with Crippen LogP contribution in [0, 0.1) is 0 Å². The zero-order valence-corrected chi connectivity index (χ0v) is 15.8. The van der Waals surface area contributed by atoms with Crippen molar-refractivity contribution in [2.75, 3.05) is 13.1 Å². The van der Waals surface area contributed by atoms with Crippen LogP contribution in [0.5, 0.6) is 0 Å². The van der Waals surface area contributed by atoms with Crippen molar-refractivity contribution in [3.63, 3.8) is 0 Å². The van der Waals surface area contributed by atoms with Crippen molar-refractivity contribution >= 4 is 32.8 Å². The number of halogens is 1. The first-order chi connectivity index (χ1) is 12.5. The summed E-state index contributed by atoms with van der Waals surface area (Å²) in [5, 5.41) is 4.80. The highest BCUT2D eigenvalue weighted by Gasteiger charge is 2.34. The molecular weight excluding hydrogens is 374 g/mol. The summed E-state index contributed by atoms with van der Waals surface area (Å²) in [7, 11) is -1.83. The largest absolute Gasteiger partial charge is 0.249 e. The van der Waals surface area contributed by atoms with E-state index in [1.54, 1.807) is 41.3 Å². The normalized spacial score (nSPS) is 19.1. The Morgan fingerprint density at radius 1 is 1.19 bits per heavy atom. The standard InChI is InChI=1S/C17H18ClN5O2S/c1-22-17-16(19-8-9-20-17)15(21-22)12-5-4-10-23(11-12)26(24,25)14-7-3-2-6-13(14)18/h2-3,6-9,12H,4-5,10-11H2,1H3. The van der Waals surface area contributed by atoms with E-state index in [0.29, 0.717) is 18.7 Å². The van der Waals surface area contributed by atoms with Crippen LogP contribution in [0.4, 0.5) is 0 Å². The highest BCUT2D eigenvalue weighted by molar-refractivity contribution is 7.89. The molecule has 1 aliphatic rings. The van der Waals surface area contributed by atoms with Crippen molar-refractivity contribution in [1.82, 2.24) is 24.1 Å². The van der Waals surface area contributed by atoms with Gasteiger partial charge in [-0.15, -0.1) is 0 Å². The number of fused-ring (bicyclic) bond motifs is 1. The number of aromatic nitrogens is 4. The topological polar surface area (TPSA) is 81.0 Å². The van der Waals surface area contributed by atoms with Crippen molar-refractivity contribution in [3.8, 4) is 0 Å². The van der Waals surface area contributed by atoms with Gasteiger partial charge in [0, 0.05) is 38.4 Å². The van der Waals surface area contributed by atoms with E-state index in [1.807, 2.05) is 7.05 Å². The molecule has 1 atom stereocenters. The van der Waals surface area contributed by atoms with E-state index < -0.39 is 10.0 Å². The molecule has 9 heteroatoms. The fourth-order valence-electron chi connectivity index (χ4n) is 3.46. The zero-order chi connectivity index (χ0) is 18.3. The molecular formula is C17H18ClN5O2S. The summed E-state index contributed by atoms with van der Waals surface area (Å²) in [4.78, 5) is 8.86. The Labute approximate surface area is 156 Å². The Morgan fingerprint density at radius 2 is 1.96 bits per heavy atom. The van der Waals surface area contributed by atoms with Gasteiger partial charge >= 0.3 is 0 Å². The van der Waals surface area contributed by atoms with Crippen LogP contribution < -0.4 is 0 Å². The number of aryl methyl sites for hydroxylation is 1. The molecule has 1 saturated heterocycles. The quantitative estimate of drug-likeness (QED) is 0.685. The number of hydrogen-bond donors (Lipinski definition) is 0. The van der Waals surface area contributed by atoms with Gasteiger partial charge in [-0.3, -0.25) is 0 Å². The molecule has 0 aliphatic carbocycles. The average Bonchev–Trinajstić information content (AvgIpc) is 2.99. The molecule has 0 radical (unpaired) electrons. The Kier molecular flexibility index (Phi) is 4.42. The van der Waals surface area contributed by atoms with Gasteiger partial charge in [0.15, 0.2) is 5.65 Å². The van der Waals surface area contributed by atoms with Crippen LogP contribution in [0.3, 0.4) is 0 Å². The SMILES string of the molecule is Cn1nc(C2CCCN(S(=O)(=O)c3ccccc3Cl)C2)c2nccnc21. The molecule has 26 heavy (non-hydrogen) atoms. The first-order valence-corrected chi connectivity index (χ1v) is 10.2. The molecule has 0 saturated carbocycles. The van der Waals surface area contributed by atoms with Crippen LogP contribution in [-0.4, -0.2) is 45.6 Å². The maximum atomic E-state index is 13.0. The molecule has 136 valence electrons. The summed E-state index contributed by atoms with van der Waals surface area (Å²) in [6, 6.07) is 6.54. The van der Waals surface area contributed by atoms with Gasteiger partial charge in [0.05, 0.1) is 10.7 Å². The maximum Gasteiger partial charge on any atom is 0.244 e. The first-order valence-electron chi connectivity index (χ1n) is 8.37. The van der Waals surface area contributed by atoms with Crippen LogP contribution in [0.15, 0.2) is 41.6 Å². The van der Waals surface area contributed by atoms with E-state index in [1.165, 1.54) is 4.31 Å². The summed E-state index contributed by atoms with van der Waals surface area (Å²) >= 11 is 6.12. The van der Waals surface area contributed by atoms with Crippen molar-refractivity contribution in [1.29, 1.82) is 0 Å². The van der Waals surface area contributed by atoms with E-state index in [9.17, 15) is 8.42 Å². The fraction of sp³-hybridized carbons (Fsp3) is 0.353. The van der Waals surface area contributed by atoms with Crippen molar-refractivity contribution in [2.24, 2.45) is 7.05 Å². The number of piperidine rings is 1. The first kappa shape index (κ1) is 17.4. The Bertz CT molecular complexity index is 1070. The molecule has 0 spiro atoms. The molecule has 1 fully saturated rings. The van der Waals surface area contributed by atoms with Crippen molar-refractivity contribution in [2.45, 2.75) is 23.7 Å². The molecule has 7 nitrogen and oxygen atoms in total. The molecule has 3 heterocycles. The molecule has 3 aromatic rings. The van der Waals surface area contributed by atoms with E-state index in [-0.39, 0.29) is 15.8 Å². The lowest BCUT2D eigenvalue weighted by molar-refractivity contribution is 0.312. The van der Waals surface area contributed by atoms with E-state index in [4.69, 9.17) is 11.6 Å². The second kappa shape index (κ2) is 6.61. The van der Waals surface area contributed by atoms with Crippen LogP contribution in [0.1, 0.15) is 24.5 Å². The third kappa shape index (κ3) is 2.87. The van der Waals surface area contributed by atoms with Gasteiger partial charge < -0.3 is 0 Å². The Morgan fingerprint density at radius 3 is 2.77 bits per heavy atom. The molecule has 0 bridgehead atoms. The molecule has 2 aromatic heterocycles. The molecule has 1 aromatic carbocycles. The number of benzene rings is 1. The van der Waals surface area contributed by atoms with Crippen LogP contribution >= 0.6 is 11.6 Å². The van der Waals surface area contributed by atoms with Crippen LogP contribution in [0.2, 0.25) is 5.02 Å². The molecule has 0 N–H and O–H groups in total. The van der Waals surface area contributed by atoms with Gasteiger partial charge in [0.2, 0.25) is 10.0 Å². The summed E-state index contributed by atoms with van der Waals surface area (Å²) in [6.07, 6.45) is 4.88. The second-order valence-corrected chi connectivity index (χ2v) is 8.68. The lowest BCUT2D eigenvalue weighted by atomic mass is 9.96. The minimum Gasteiger partial charge on any atom is -0.249 e. The highest BCUT2D eigenvalue weighted by atomic mass is 35.5. The predicted molar refractivity (Wildman–Crippen MR) is 98.5 cm³/mol. The molecule has 0 amide bonds. The summed E-state index contributed by atoms with van der Waals surface area (Å²) < 4.78 is 29.3. The lowest BCUT2D eigenvalue weighted by Crippen LogP contribution is -2.39. The maximum absolute atomic E-state index is 13.0. The lowest BCUT2D eigenvalue weighted by Gasteiger charge is -2.31. The number of sulfonamides is 1. The van der Waals surface area contributed by atoms with Crippen LogP contribution in [-0.2, 0) is 17.1 Å². The number of nitrogens with zero attached hydrogens (tertiary/aromatic N) is 5. The second-order valence-electron chi connectivity index (χ2n) is 6.37. The van der Waals surface area contributed by atoms with E-state index in [0.717, 1.165) is 24.1 Å². The smallest absolute Gasteiger partial charge is 0.244 e. The van der Waals surface area contributed by atoms with Gasteiger partial charge in [0.1, 0.15) is 10.4 Å². The summed E-state index contributed by atoms with van der Waals surface area (Å²) in [6.45, 7) is 0.830. The van der Waals surface area contributed by atoms with Crippen molar-refractivity contribution in [3.05, 3.63) is 47.4 Å². The Balaban J connectivity index is 1.69. The van der Waals surface area contributed by atoms with E-state index in [2.05, 4.69) is 15.1 Å². The minimum atomic E-state index is -3.65. The van der Waals surface area contributed by atoms with Gasteiger partial charge in [-0.2, -0.15) is 9.40 Å². The van der Waals surface area contributed by atoms with Gasteiger partial charge in [-0.05, 0) is 25.0 Å². The summed E-state index contributed by atoms with van der Waals surface area (Å²) in [5.74, 6) is -0.0265. The van der Waals surface area contributed by atoms with Gasteiger partial charge in [0.25, 0.3) is 0 Å².